The third-order valence-corrected chi connectivity index (χ3v) is 4.40. The van der Waals surface area contributed by atoms with E-state index in [2.05, 4.69) is 29.0 Å². The summed E-state index contributed by atoms with van der Waals surface area (Å²) in [5.74, 6) is 12.7. The largest absolute Gasteiger partial charge is 0.271 e. The first-order chi connectivity index (χ1) is 7.36. The molecule has 1 aliphatic carbocycles. The van der Waals surface area contributed by atoms with Gasteiger partial charge in [-0.05, 0) is 26.2 Å². The quantitative estimate of drug-likeness (QED) is 0.414. The molecule has 2 nitrogen and oxygen atoms in total. The Morgan fingerprint density at radius 1 is 1.47 bits per heavy atom. The number of hydrogen-bond donors (Lipinski definition) is 2. The van der Waals surface area contributed by atoms with E-state index in [1.54, 1.807) is 0 Å². The fraction of sp³-hybridized carbons (Fsp3) is 0.833. The predicted octanol–water partition coefficient (Wildman–Crippen LogP) is 2.30. The molecule has 0 saturated heterocycles. The van der Waals surface area contributed by atoms with Gasteiger partial charge in [-0.2, -0.15) is 11.8 Å². The molecule has 0 aromatic carbocycles. The Kier molecular flexibility index (Phi) is 6.91. The smallest absolute Gasteiger partial charge is 0.0310 e. The monoisotopic (exact) mass is 226 g/mol. The van der Waals surface area contributed by atoms with E-state index in [1.807, 2.05) is 6.92 Å². The molecule has 3 N–H and O–H groups in total. The zero-order valence-corrected chi connectivity index (χ0v) is 10.4. The van der Waals surface area contributed by atoms with Crippen molar-refractivity contribution in [2.24, 2.45) is 5.84 Å². The number of nitrogens with one attached hydrogen (secondary N) is 1. The second-order valence-electron chi connectivity index (χ2n) is 4.07. The number of hydrogen-bond acceptors (Lipinski definition) is 3. The first kappa shape index (κ1) is 12.9. The van der Waals surface area contributed by atoms with Gasteiger partial charge in [0.15, 0.2) is 0 Å². The zero-order chi connectivity index (χ0) is 10.9. The summed E-state index contributed by atoms with van der Waals surface area (Å²) in [5.41, 5.74) is 2.90. The molecule has 1 unspecified atom stereocenters. The molecule has 0 radical (unpaired) electrons. The Bertz CT molecular complexity index is 213. The molecule has 86 valence electrons. The summed E-state index contributed by atoms with van der Waals surface area (Å²) in [6, 6.07) is 0.427. The van der Waals surface area contributed by atoms with Crippen LogP contribution in [0.2, 0.25) is 0 Å². The Balaban J connectivity index is 2.11. The van der Waals surface area contributed by atoms with Gasteiger partial charge in [-0.1, -0.05) is 12.8 Å². The Morgan fingerprint density at radius 3 is 2.80 bits per heavy atom. The van der Waals surface area contributed by atoms with E-state index < -0.39 is 0 Å². The summed E-state index contributed by atoms with van der Waals surface area (Å²) in [4.78, 5) is 0. The minimum absolute atomic E-state index is 0.427. The molecule has 0 aromatic rings. The highest BCUT2D eigenvalue weighted by molar-refractivity contribution is 7.99. The molecule has 1 atom stereocenters. The Morgan fingerprint density at radius 2 is 2.20 bits per heavy atom. The van der Waals surface area contributed by atoms with Crippen LogP contribution in [0.5, 0.6) is 0 Å². The van der Waals surface area contributed by atoms with E-state index >= 15 is 0 Å². The van der Waals surface area contributed by atoms with Crippen molar-refractivity contribution in [1.29, 1.82) is 0 Å². The maximum atomic E-state index is 5.53. The number of rotatable bonds is 6. The lowest BCUT2D eigenvalue weighted by molar-refractivity contribution is 0.546. The van der Waals surface area contributed by atoms with Gasteiger partial charge in [0.1, 0.15) is 0 Å². The Hall–Kier alpha value is -0.170. The molecular weight excluding hydrogens is 204 g/mol. The standard InChI is InChI=1S/C12H22N2S/c1-2-3-4-7-11(14-13)10-15-12-8-5-6-9-12/h11-12,14H,4-10,13H2,1H3. The topological polar surface area (TPSA) is 38.0 Å². The van der Waals surface area contributed by atoms with Gasteiger partial charge in [0.05, 0.1) is 0 Å². The van der Waals surface area contributed by atoms with Crippen molar-refractivity contribution in [1.82, 2.24) is 5.43 Å². The highest BCUT2D eigenvalue weighted by atomic mass is 32.2. The molecule has 3 heteroatoms. The molecular formula is C12H22N2S. The van der Waals surface area contributed by atoms with Crippen LogP contribution in [0.4, 0.5) is 0 Å². The van der Waals surface area contributed by atoms with E-state index in [-0.39, 0.29) is 0 Å². The van der Waals surface area contributed by atoms with Crippen molar-refractivity contribution < 1.29 is 0 Å². The number of nitrogens with two attached hydrogens (primary N) is 1. The van der Waals surface area contributed by atoms with Crippen LogP contribution in [0.15, 0.2) is 0 Å². The highest BCUT2D eigenvalue weighted by Gasteiger charge is 2.16. The summed E-state index contributed by atoms with van der Waals surface area (Å²) in [6.45, 7) is 1.89. The van der Waals surface area contributed by atoms with Crippen molar-refractivity contribution in [3.63, 3.8) is 0 Å². The van der Waals surface area contributed by atoms with Crippen molar-refractivity contribution in [2.75, 3.05) is 5.75 Å². The first-order valence-corrected chi connectivity index (χ1v) is 6.89. The van der Waals surface area contributed by atoms with E-state index in [0.29, 0.717) is 6.04 Å². The fourth-order valence-corrected chi connectivity index (χ4v) is 3.33. The Labute approximate surface area is 97.7 Å². The van der Waals surface area contributed by atoms with Gasteiger partial charge in [-0.15, -0.1) is 11.8 Å². The van der Waals surface area contributed by atoms with Gasteiger partial charge < -0.3 is 0 Å². The van der Waals surface area contributed by atoms with Crippen LogP contribution in [0, 0.1) is 11.8 Å². The molecule has 0 aromatic heterocycles. The van der Waals surface area contributed by atoms with Gasteiger partial charge in [0.25, 0.3) is 0 Å². The molecule has 1 saturated carbocycles. The normalized spacial score (nSPS) is 18.5. The second-order valence-corrected chi connectivity index (χ2v) is 5.40. The van der Waals surface area contributed by atoms with Crippen LogP contribution < -0.4 is 11.3 Å². The van der Waals surface area contributed by atoms with Gasteiger partial charge in [-0.25, -0.2) is 0 Å². The summed E-state index contributed by atoms with van der Waals surface area (Å²) in [7, 11) is 0. The SMILES string of the molecule is CC#CCCC(CSC1CCCC1)NN. The van der Waals surface area contributed by atoms with Crippen LogP contribution in [0.1, 0.15) is 45.4 Å². The van der Waals surface area contributed by atoms with Crippen LogP contribution in [0.25, 0.3) is 0 Å². The average molecular weight is 226 g/mol. The predicted molar refractivity (Wildman–Crippen MR) is 68.5 cm³/mol. The summed E-state index contributed by atoms with van der Waals surface area (Å²) in [5, 5.41) is 0.887. The molecule has 0 spiro atoms. The summed E-state index contributed by atoms with van der Waals surface area (Å²) >= 11 is 2.08. The molecule has 1 fully saturated rings. The van der Waals surface area contributed by atoms with E-state index in [4.69, 9.17) is 5.84 Å². The summed E-state index contributed by atoms with van der Waals surface area (Å²) < 4.78 is 0. The maximum absolute atomic E-state index is 5.53. The third-order valence-electron chi connectivity index (χ3n) is 2.87. The van der Waals surface area contributed by atoms with E-state index in [0.717, 1.165) is 23.8 Å². The zero-order valence-electron chi connectivity index (χ0n) is 9.59. The molecule has 0 bridgehead atoms. The lowest BCUT2D eigenvalue weighted by Crippen LogP contribution is -2.37. The van der Waals surface area contributed by atoms with Crippen molar-refractivity contribution >= 4 is 11.8 Å². The van der Waals surface area contributed by atoms with Crippen molar-refractivity contribution in [3.8, 4) is 11.8 Å². The average Bonchev–Trinajstić information content (AvgIpc) is 2.76. The maximum Gasteiger partial charge on any atom is 0.0310 e. The molecule has 0 heterocycles. The lowest BCUT2D eigenvalue weighted by Gasteiger charge is -2.16. The molecule has 15 heavy (non-hydrogen) atoms. The highest BCUT2D eigenvalue weighted by Crippen LogP contribution is 2.29. The van der Waals surface area contributed by atoms with Crippen molar-refractivity contribution in [2.45, 2.75) is 56.7 Å². The molecule has 1 rings (SSSR count). The molecule has 1 aliphatic rings. The third kappa shape index (κ3) is 5.46. The van der Waals surface area contributed by atoms with E-state index in [1.165, 1.54) is 25.7 Å². The number of thioether (sulfide) groups is 1. The first-order valence-electron chi connectivity index (χ1n) is 5.84. The van der Waals surface area contributed by atoms with Gasteiger partial charge >= 0.3 is 0 Å². The van der Waals surface area contributed by atoms with Crippen LogP contribution in [-0.2, 0) is 0 Å². The van der Waals surface area contributed by atoms with Crippen molar-refractivity contribution in [3.05, 3.63) is 0 Å². The molecule has 0 aliphatic heterocycles. The number of hydrazine groups is 1. The van der Waals surface area contributed by atoms with Crippen LogP contribution >= 0.6 is 11.8 Å². The lowest BCUT2D eigenvalue weighted by atomic mass is 10.2. The summed E-state index contributed by atoms with van der Waals surface area (Å²) in [6.07, 6.45) is 7.65. The van der Waals surface area contributed by atoms with Gasteiger partial charge in [-0.3, -0.25) is 11.3 Å². The molecule has 0 amide bonds. The van der Waals surface area contributed by atoms with E-state index in [9.17, 15) is 0 Å². The van der Waals surface area contributed by atoms with Gasteiger partial charge in [0.2, 0.25) is 0 Å². The second kappa shape index (κ2) is 8.04. The fourth-order valence-electron chi connectivity index (χ4n) is 1.89. The van der Waals surface area contributed by atoms with Crippen LogP contribution in [-0.4, -0.2) is 17.0 Å². The minimum atomic E-state index is 0.427. The van der Waals surface area contributed by atoms with Gasteiger partial charge in [0, 0.05) is 23.5 Å². The minimum Gasteiger partial charge on any atom is -0.271 e. The van der Waals surface area contributed by atoms with Crippen LogP contribution in [0.3, 0.4) is 0 Å².